The fourth-order valence-electron chi connectivity index (χ4n) is 1.41. The molecule has 0 atom stereocenters. The molecule has 2 aromatic carbocycles. The molecule has 0 bridgehead atoms. The molecule has 0 saturated carbocycles. The first-order chi connectivity index (χ1) is 8.58. The maximum atomic E-state index is 13.7. The largest absolute Gasteiger partial charge is 0.322 e. The Bertz CT molecular complexity index is 584. The molecular formula is C13H8Br2FNO. The Morgan fingerprint density at radius 2 is 1.72 bits per heavy atom. The lowest BCUT2D eigenvalue weighted by Crippen LogP contribution is -2.13. The summed E-state index contributed by atoms with van der Waals surface area (Å²) in [4.78, 5) is 11.9. The van der Waals surface area contributed by atoms with E-state index in [1.807, 2.05) is 0 Å². The van der Waals surface area contributed by atoms with Gasteiger partial charge in [0.2, 0.25) is 0 Å². The van der Waals surface area contributed by atoms with Gasteiger partial charge in [-0.1, -0.05) is 22.0 Å². The van der Waals surface area contributed by atoms with Crippen LogP contribution in [0, 0.1) is 5.82 Å². The zero-order chi connectivity index (χ0) is 13.1. The topological polar surface area (TPSA) is 29.1 Å². The van der Waals surface area contributed by atoms with Crippen LogP contribution in [0.4, 0.5) is 10.1 Å². The predicted molar refractivity (Wildman–Crippen MR) is 76.2 cm³/mol. The number of halogens is 3. The van der Waals surface area contributed by atoms with Crippen LogP contribution in [0.15, 0.2) is 51.4 Å². The summed E-state index contributed by atoms with van der Waals surface area (Å²) in [6.45, 7) is 0. The number of anilines is 1. The molecular weight excluding hydrogens is 365 g/mol. The van der Waals surface area contributed by atoms with Gasteiger partial charge in [0.05, 0.1) is 10.0 Å². The van der Waals surface area contributed by atoms with Crippen molar-refractivity contribution < 1.29 is 9.18 Å². The summed E-state index contributed by atoms with van der Waals surface area (Å²) in [6.07, 6.45) is 0. The highest BCUT2D eigenvalue weighted by Crippen LogP contribution is 2.20. The van der Waals surface area contributed by atoms with Crippen LogP contribution in [0.5, 0.6) is 0 Å². The Kier molecular flexibility index (Phi) is 4.14. The Hall–Kier alpha value is -1.20. The number of nitrogens with one attached hydrogen (secondary N) is 1. The monoisotopic (exact) mass is 371 g/mol. The molecule has 2 nitrogen and oxygen atoms in total. The van der Waals surface area contributed by atoms with Crippen LogP contribution >= 0.6 is 31.9 Å². The molecule has 0 radical (unpaired) electrons. The third-order valence-electron chi connectivity index (χ3n) is 2.30. The van der Waals surface area contributed by atoms with Crippen LogP contribution in [0.1, 0.15) is 10.4 Å². The van der Waals surface area contributed by atoms with Crippen molar-refractivity contribution in [1.82, 2.24) is 0 Å². The summed E-state index contributed by atoms with van der Waals surface area (Å²) in [5.74, 6) is -1.04. The molecule has 0 aliphatic heterocycles. The van der Waals surface area contributed by atoms with Gasteiger partial charge in [-0.25, -0.2) is 4.39 Å². The lowest BCUT2D eigenvalue weighted by Gasteiger charge is -2.07. The zero-order valence-corrected chi connectivity index (χ0v) is 12.3. The lowest BCUT2D eigenvalue weighted by molar-refractivity contribution is 0.102. The highest BCUT2D eigenvalue weighted by Gasteiger charge is 2.13. The van der Waals surface area contributed by atoms with Gasteiger partial charge >= 0.3 is 0 Å². The third-order valence-corrected chi connectivity index (χ3v) is 3.44. The van der Waals surface area contributed by atoms with Crippen LogP contribution in [-0.2, 0) is 0 Å². The fourth-order valence-corrected chi connectivity index (χ4v) is 2.04. The van der Waals surface area contributed by atoms with E-state index in [1.54, 1.807) is 36.4 Å². The van der Waals surface area contributed by atoms with E-state index in [1.165, 1.54) is 6.07 Å². The summed E-state index contributed by atoms with van der Waals surface area (Å²) >= 11 is 6.35. The summed E-state index contributed by atoms with van der Waals surface area (Å²) in [5, 5.41) is 2.63. The Morgan fingerprint density at radius 1 is 1.06 bits per heavy atom. The van der Waals surface area contributed by atoms with Crippen molar-refractivity contribution >= 4 is 43.5 Å². The molecule has 0 heterocycles. The number of hydrogen-bond acceptors (Lipinski definition) is 1. The highest BCUT2D eigenvalue weighted by atomic mass is 79.9. The van der Waals surface area contributed by atoms with E-state index < -0.39 is 11.7 Å². The van der Waals surface area contributed by atoms with Crippen molar-refractivity contribution in [2.24, 2.45) is 0 Å². The van der Waals surface area contributed by atoms with Crippen LogP contribution in [0.2, 0.25) is 0 Å². The minimum atomic E-state index is -0.563. The number of carbonyl (C=O) groups excluding carboxylic acids is 1. The quantitative estimate of drug-likeness (QED) is 0.819. The van der Waals surface area contributed by atoms with Gasteiger partial charge in [-0.15, -0.1) is 0 Å². The van der Waals surface area contributed by atoms with Gasteiger partial charge in [-0.2, -0.15) is 0 Å². The molecule has 92 valence electrons. The van der Waals surface area contributed by atoms with E-state index in [0.717, 1.165) is 4.47 Å². The molecule has 18 heavy (non-hydrogen) atoms. The second-order valence-electron chi connectivity index (χ2n) is 3.56. The predicted octanol–water partition coefficient (Wildman–Crippen LogP) is 4.60. The van der Waals surface area contributed by atoms with Crippen LogP contribution < -0.4 is 5.32 Å². The van der Waals surface area contributed by atoms with E-state index in [9.17, 15) is 9.18 Å². The average molecular weight is 373 g/mol. The van der Waals surface area contributed by atoms with E-state index in [4.69, 9.17) is 0 Å². The van der Waals surface area contributed by atoms with Crippen LogP contribution in [0.25, 0.3) is 0 Å². The fraction of sp³-hybridized carbons (Fsp3) is 0. The maximum Gasteiger partial charge on any atom is 0.258 e. The van der Waals surface area contributed by atoms with Crippen molar-refractivity contribution in [2.75, 3.05) is 5.32 Å². The second-order valence-corrected chi connectivity index (χ2v) is 5.33. The van der Waals surface area contributed by atoms with E-state index in [2.05, 4.69) is 37.2 Å². The summed E-state index contributed by atoms with van der Waals surface area (Å²) in [7, 11) is 0. The first-order valence-corrected chi connectivity index (χ1v) is 6.67. The molecule has 2 rings (SSSR count). The van der Waals surface area contributed by atoms with Gasteiger partial charge < -0.3 is 5.32 Å². The Balaban J connectivity index is 2.22. The Morgan fingerprint density at radius 3 is 2.39 bits per heavy atom. The van der Waals surface area contributed by atoms with Gasteiger partial charge in [0.1, 0.15) is 5.82 Å². The van der Waals surface area contributed by atoms with Crippen molar-refractivity contribution in [1.29, 1.82) is 0 Å². The SMILES string of the molecule is O=C(Nc1ccc(Br)cc1)c1cccc(Br)c1F. The molecule has 1 amide bonds. The molecule has 1 N–H and O–H groups in total. The first kappa shape index (κ1) is 13.2. The number of rotatable bonds is 2. The van der Waals surface area contributed by atoms with E-state index in [0.29, 0.717) is 5.69 Å². The first-order valence-electron chi connectivity index (χ1n) is 5.09. The van der Waals surface area contributed by atoms with Gasteiger partial charge in [-0.3, -0.25) is 4.79 Å². The minimum Gasteiger partial charge on any atom is -0.322 e. The van der Waals surface area contributed by atoms with Crippen LogP contribution in [0.3, 0.4) is 0 Å². The molecule has 0 saturated heterocycles. The van der Waals surface area contributed by atoms with Gasteiger partial charge in [-0.05, 0) is 52.3 Å². The standard InChI is InChI=1S/C13H8Br2FNO/c14-8-4-6-9(7-5-8)17-13(18)10-2-1-3-11(15)12(10)16/h1-7H,(H,17,18). The normalized spacial score (nSPS) is 10.2. The molecule has 0 unspecified atom stereocenters. The molecule has 2 aromatic rings. The second kappa shape index (κ2) is 5.63. The minimum absolute atomic E-state index is 0.00675. The number of hydrogen-bond donors (Lipinski definition) is 1. The maximum absolute atomic E-state index is 13.7. The molecule has 0 fully saturated rings. The van der Waals surface area contributed by atoms with Crippen LogP contribution in [-0.4, -0.2) is 5.91 Å². The molecule has 0 aromatic heterocycles. The van der Waals surface area contributed by atoms with Crippen molar-refractivity contribution in [2.45, 2.75) is 0 Å². The van der Waals surface area contributed by atoms with Crippen molar-refractivity contribution in [3.8, 4) is 0 Å². The molecule has 0 spiro atoms. The lowest BCUT2D eigenvalue weighted by atomic mass is 10.2. The smallest absolute Gasteiger partial charge is 0.258 e. The molecule has 0 aliphatic rings. The summed E-state index contributed by atoms with van der Waals surface area (Å²) in [6, 6.07) is 11.7. The molecule has 0 aliphatic carbocycles. The van der Waals surface area contributed by atoms with Gasteiger partial charge in [0, 0.05) is 10.2 Å². The van der Waals surface area contributed by atoms with E-state index in [-0.39, 0.29) is 10.0 Å². The number of amides is 1. The highest BCUT2D eigenvalue weighted by molar-refractivity contribution is 9.10. The van der Waals surface area contributed by atoms with Gasteiger partial charge in [0.15, 0.2) is 0 Å². The van der Waals surface area contributed by atoms with Crippen molar-refractivity contribution in [3.05, 3.63) is 62.8 Å². The zero-order valence-electron chi connectivity index (χ0n) is 9.08. The van der Waals surface area contributed by atoms with Gasteiger partial charge in [0.25, 0.3) is 5.91 Å². The summed E-state index contributed by atoms with van der Waals surface area (Å²) < 4.78 is 14.9. The number of benzene rings is 2. The van der Waals surface area contributed by atoms with E-state index >= 15 is 0 Å². The third kappa shape index (κ3) is 2.97. The van der Waals surface area contributed by atoms with Crippen molar-refractivity contribution in [3.63, 3.8) is 0 Å². The summed E-state index contributed by atoms with van der Waals surface area (Å²) in [5.41, 5.74) is 0.620. The molecule has 5 heteroatoms. The average Bonchev–Trinajstić information content (AvgIpc) is 2.35. The number of carbonyl (C=O) groups is 1. The Labute approximate surface area is 120 Å².